The maximum atomic E-state index is 11.0. The second-order valence-corrected chi connectivity index (χ2v) is 4.14. The number of carbonyl (C=O) groups excluding carboxylic acids is 1. The monoisotopic (exact) mass is 199 g/mol. The molecule has 0 aliphatic carbocycles. The van der Waals surface area contributed by atoms with Crippen LogP contribution in [0.15, 0.2) is 0 Å². The average Bonchev–Trinajstić information content (AvgIpc) is 2.17. The van der Waals surface area contributed by atoms with Crippen molar-refractivity contribution >= 4 is 5.91 Å². The van der Waals surface area contributed by atoms with E-state index in [2.05, 4.69) is 10.2 Å². The van der Waals surface area contributed by atoms with Crippen molar-refractivity contribution in [1.29, 1.82) is 0 Å². The largest absolute Gasteiger partial charge is 0.368 e. The van der Waals surface area contributed by atoms with Gasteiger partial charge in [0.05, 0.1) is 6.04 Å². The molecule has 14 heavy (non-hydrogen) atoms. The summed E-state index contributed by atoms with van der Waals surface area (Å²) < 4.78 is 0. The van der Waals surface area contributed by atoms with E-state index < -0.39 is 0 Å². The van der Waals surface area contributed by atoms with Gasteiger partial charge in [-0.3, -0.25) is 9.69 Å². The van der Waals surface area contributed by atoms with Crippen LogP contribution in [0.3, 0.4) is 0 Å². The zero-order chi connectivity index (χ0) is 10.6. The number of nitrogens with one attached hydrogen (secondary N) is 1. The Labute approximate surface area is 85.8 Å². The molecule has 82 valence electrons. The highest BCUT2D eigenvalue weighted by Gasteiger charge is 2.25. The first-order valence-electron chi connectivity index (χ1n) is 5.33. The quantitative estimate of drug-likeness (QED) is 0.659. The molecule has 1 aliphatic rings. The molecule has 3 N–H and O–H groups in total. The van der Waals surface area contributed by atoms with Gasteiger partial charge in [-0.05, 0) is 45.8 Å². The Bertz CT molecular complexity index is 194. The number of nitrogens with two attached hydrogens (primary N) is 1. The van der Waals surface area contributed by atoms with Crippen molar-refractivity contribution in [2.45, 2.75) is 25.8 Å². The number of rotatable bonds is 4. The summed E-state index contributed by atoms with van der Waals surface area (Å²) in [5.41, 5.74) is 5.29. The maximum Gasteiger partial charge on any atom is 0.234 e. The van der Waals surface area contributed by atoms with E-state index in [1.165, 1.54) is 12.8 Å². The maximum absolute atomic E-state index is 11.0. The van der Waals surface area contributed by atoms with E-state index in [1.54, 1.807) is 0 Å². The topological polar surface area (TPSA) is 58.4 Å². The molecular weight excluding hydrogens is 178 g/mol. The highest BCUT2D eigenvalue weighted by molar-refractivity contribution is 5.79. The zero-order valence-corrected chi connectivity index (χ0v) is 9.12. The third-order valence-corrected chi connectivity index (χ3v) is 3.00. The summed E-state index contributed by atoms with van der Waals surface area (Å²) in [6, 6.07) is -0.116. The first-order chi connectivity index (χ1) is 6.65. The number of carbonyl (C=O) groups is 1. The van der Waals surface area contributed by atoms with Gasteiger partial charge in [0.25, 0.3) is 0 Å². The van der Waals surface area contributed by atoms with Crippen LogP contribution in [0, 0.1) is 5.92 Å². The molecule has 0 saturated carbocycles. The van der Waals surface area contributed by atoms with Crippen LogP contribution < -0.4 is 11.1 Å². The molecule has 0 aromatic rings. The van der Waals surface area contributed by atoms with Crippen LogP contribution in [0.25, 0.3) is 0 Å². The van der Waals surface area contributed by atoms with Gasteiger partial charge in [-0.15, -0.1) is 0 Å². The van der Waals surface area contributed by atoms with E-state index >= 15 is 0 Å². The van der Waals surface area contributed by atoms with Gasteiger partial charge in [-0.1, -0.05) is 0 Å². The minimum Gasteiger partial charge on any atom is -0.368 e. The van der Waals surface area contributed by atoms with E-state index in [9.17, 15) is 4.79 Å². The van der Waals surface area contributed by atoms with Crippen molar-refractivity contribution in [3.63, 3.8) is 0 Å². The molecule has 2 unspecified atom stereocenters. The summed E-state index contributed by atoms with van der Waals surface area (Å²) >= 11 is 0. The van der Waals surface area contributed by atoms with Crippen LogP contribution in [-0.4, -0.2) is 43.5 Å². The minimum absolute atomic E-state index is 0.116. The molecular formula is C10H21N3O. The van der Waals surface area contributed by atoms with Crippen LogP contribution in [0.5, 0.6) is 0 Å². The Kier molecular flexibility index (Phi) is 4.35. The SMILES string of the molecule is CNCC1CCCN(C(C)C(N)=O)C1. The summed E-state index contributed by atoms with van der Waals surface area (Å²) in [5, 5.41) is 3.18. The van der Waals surface area contributed by atoms with Gasteiger partial charge in [0.2, 0.25) is 5.91 Å². The molecule has 1 rings (SSSR count). The fourth-order valence-corrected chi connectivity index (χ4v) is 2.08. The smallest absolute Gasteiger partial charge is 0.234 e. The van der Waals surface area contributed by atoms with Crippen molar-refractivity contribution < 1.29 is 4.79 Å². The van der Waals surface area contributed by atoms with Crippen LogP contribution in [-0.2, 0) is 4.79 Å². The molecule has 0 bridgehead atoms. The molecule has 4 heteroatoms. The number of piperidine rings is 1. The van der Waals surface area contributed by atoms with E-state index in [0.29, 0.717) is 5.92 Å². The normalized spacial score (nSPS) is 26.0. The number of amides is 1. The Morgan fingerprint density at radius 2 is 2.43 bits per heavy atom. The van der Waals surface area contributed by atoms with Crippen molar-refractivity contribution in [3.8, 4) is 0 Å². The predicted molar refractivity (Wildman–Crippen MR) is 56.9 cm³/mol. The molecule has 1 amide bonds. The lowest BCUT2D eigenvalue weighted by molar-refractivity contribution is -0.123. The van der Waals surface area contributed by atoms with Gasteiger partial charge >= 0.3 is 0 Å². The minimum atomic E-state index is -0.213. The van der Waals surface area contributed by atoms with Crippen molar-refractivity contribution in [3.05, 3.63) is 0 Å². The van der Waals surface area contributed by atoms with Crippen molar-refractivity contribution in [1.82, 2.24) is 10.2 Å². The number of likely N-dealkylation sites (tertiary alicyclic amines) is 1. The van der Waals surface area contributed by atoms with Crippen molar-refractivity contribution in [2.24, 2.45) is 11.7 Å². The Morgan fingerprint density at radius 3 is 3.00 bits per heavy atom. The van der Waals surface area contributed by atoms with Crippen LogP contribution in [0.2, 0.25) is 0 Å². The van der Waals surface area contributed by atoms with E-state index in [4.69, 9.17) is 5.73 Å². The summed E-state index contributed by atoms with van der Waals surface area (Å²) in [6.45, 7) is 4.92. The molecule has 1 saturated heterocycles. The predicted octanol–water partition coefficient (Wildman–Crippen LogP) is -0.208. The second-order valence-electron chi connectivity index (χ2n) is 4.14. The number of hydrogen-bond donors (Lipinski definition) is 2. The van der Waals surface area contributed by atoms with Gasteiger partial charge in [0.15, 0.2) is 0 Å². The van der Waals surface area contributed by atoms with Crippen LogP contribution in [0.4, 0.5) is 0 Å². The Balaban J connectivity index is 2.43. The lowest BCUT2D eigenvalue weighted by atomic mass is 9.97. The molecule has 1 heterocycles. The molecule has 4 nitrogen and oxygen atoms in total. The standard InChI is InChI=1S/C10H21N3O/c1-8(10(11)14)13-5-3-4-9(7-13)6-12-2/h8-9,12H,3-7H2,1-2H3,(H2,11,14). The van der Waals surface area contributed by atoms with Gasteiger partial charge in [0.1, 0.15) is 0 Å². The molecule has 1 fully saturated rings. The fourth-order valence-electron chi connectivity index (χ4n) is 2.08. The van der Waals surface area contributed by atoms with Gasteiger partial charge in [-0.2, -0.15) is 0 Å². The first kappa shape index (κ1) is 11.5. The van der Waals surface area contributed by atoms with Gasteiger partial charge in [0, 0.05) is 6.54 Å². The van der Waals surface area contributed by atoms with Crippen LogP contribution >= 0.6 is 0 Å². The second kappa shape index (κ2) is 5.32. The molecule has 0 spiro atoms. The van der Waals surface area contributed by atoms with E-state index in [-0.39, 0.29) is 11.9 Å². The number of hydrogen-bond acceptors (Lipinski definition) is 3. The van der Waals surface area contributed by atoms with E-state index in [1.807, 2.05) is 14.0 Å². The van der Waals surface area contributed by atoms with Crippen LogP contribution in [0.1, 0.15) is 19.8 Å². The Morgan fingerprint density at radius 1 is 1.71 bits per heavy atom. The summed E-state index contributed by atoms with van der Waals surface area (Å²) in [6.07, 6.45) is 2.42. The fraction of sp³-hybridized carbons (Fsp3) is 0.900. The van der Waals surface area contributed by atoms with Gasteiger partial charge < -0.3 is 11.1 Å². The number of primary amides is 1. The lowest BCUT2D eigenvalue weighted by Gasteiger charge is -2.35. The molecule has 0 aromatic carbocycles. The van der Waals surface area contributed by atoms with Gasteiger partial charge in [-0.25, -0.2) is 0 Å². The summed E-state index contributed by atoms with van der Waals surface area (Å²) in [7, 11) is 1.97. The first-order valence-corrected chi connectivity index (χ1v) is 5.33. The third kappa shape index (κ3) is 2.96. The highest BCUT2D eigenvalue weighted by Crippen LogP contribution is 2.17. The lowest BCUT2D eigenvalue weighted by Crippen LogP contribution is -2.48. The Hall–Kier alpha value is -0.610. The molecule has 2 atom stereocenters. The number of nitrogens with zero attached hydrogens (tertiary/aromatic N) is 1. The average molecular weight is 199 g/mol. The highest BCUT2D eigenvalue weighted by atomic mass is 16.1. The molecule has 0 aromatic heterocycles. The molecule has 0 radical (unpaired) electrons. The zero-order valence-electron chi connectivity index (χ0n) is 9.12. The summed E-state index contributed by atoms with van der Waals surface area (Å²) in [5.74, 6) is 0.450. The summed E-state index contributed by atoms with van der Waals surface area (Å²) in [4.78, 5) is 13.2. The third-order valence-electron chi connectivity index (χ3n) is 3.00. The van der Waals surface area contributed by atoms with E-state index in [0.717, 1.165) is 19.6 Å². The molecule has 1 aliphatic heterocycles. The van der Waals surface area contributed by atoms with Crippen molar-refractivity contribution in [2.75, 3.05) is 26.7 Å².